The molecule has 1 aromatic carbocycles. The molecule has 0 aliphatic carbocycles. The third kappa shape index (κ3) is 3.82. The van der Waals surface area contributed by atoms with Crippen LogP contribution in [-0.4, -0.2) is 29.7 Å². The highest BCUT2D eigenvalue weighted by Crippen LogP contribution is 2.23. The third-order valence-electron chi connectivity index (χ3n) is 4.35. The smallest absolute Gasteiger partial charge is 0.271 e. The minimum absolute atomic E-state index is 0.101. The molecule has 1 fully saturated rings. The summed E-state index contributed by atoms with van der Waals surface area (Å²) >= 11 is 0. The Labute approximate surface area is 147 Å². The fourth-order valence-corrected chi connectivity index (χ4v) is 3.15. The van der Waals surface area contributed by atoms with Gasteiger partial charge in [-0.1, -0.05) is 18.2 Å². The van der Waals surface area contributed by atoms with Crippen LogP contribution in [0, 0.1) is 11.3 Å². The number of H-pyrrole nitrogens is 1. The van der Waals surface area contributed by atoms with E-state index in [1.165, 1.54) is 6.42 Å². The first-order valence-electron chi connectivity index (χ1n) is 8.72. The second kappa shape index (κ2) is 7.84. The number of anilines is 1. The second-order valence-electron chi connectivity index (χ2n) is 6.09. The van der Waals surface area contributed by atoms with Gasteiger partial charge in [-0.3, -0.25) is 4.79 Å². The molecule has 1 saturated heterocycles. The average molecular weight is 338 g/mol. The maximum absolute atomic E-state index is 12.4. The van der Waals surface area contributed by atoms with Crippen molar-refractivity contribution in [3.63, 3.8) is 0 Å². The monoisotopic (exact) mass is 338 g/mol. The van der Waals surface area contributed by atoms with Gasteiger partial charge in [0.25, 0.3) is 5.56 Å². The summed E-state index contributed by atoms with van der Waals surface area (Å²) in [6.07, 6.45) is 3.75. The number of piperidine rings is 1. The van der Waals surface area contributed by atoms with Crippen molar-refractivity contribution >= 4 is 5.82 Å². The first-order valence-corrected chi connectivity index (χ1v) is 8.72. The lowest BCUT2D eigenvalue weighted by atomic mass is 10.1. The van der Waals surface area contributed by atoms with Gasteiger partial charge in [-0.2, -0.15) is 5.26 Å². The zero-order chi connectivity index (χ0) is 17.6. The van der Waals surface area contributed by atoms with Gasteiger partial charge in [0.1, 0.15) is 17.6 Å². The van der Waals surface area contributed by atoms with Gasteiger partial charge in [0, 0.05) is 25.1 Å². The molecule has 6 nitrogen and oxygen atoms in total. The molecule has 0 spiro atoms. The maximum atomic E-state index is 12.4. The number of para-hydroxylation sites is 1. The molecule has 0 bridgehead atoms. The van der Waals surface area contributed by atoms with Crippen molar-refractivity contribution in [2.75, 3.05) is 24.6 Å². The molecule has 0 atom stereocenters. The SMILES string of the molecule is CCOc1ccccc1Cc1nc(N2CCCCC2)c(C#N)c(=O)[nH]1. The van der Waals surface area contributed by atoms with Gasteiger partial charge >= 0.3 is 0 Å². The van der Waals surface area contributed by atoms with Crippen molar-refractivity contribution in [3.8, 4) is 11.8 Å². The van der Waals surface area contributed by atoms with Crippen LogP contribution in [0.15, 0.2) is 29.1 Å². The fourth-order valence-electron chi connectivity index (χ4n) is 3.15. The van der Waals surface area contributed by atoms with E-state index in [0.717, 1.165) is 37.2 Å². The van der Waals surface area contributed by atoms with Crippen LogP contribution in [0.4, 0.5) is 5.82 Å². The summed E-state index contributed by atoms with van der Waals surface area (Å²) < 4.78 is 5.65. The molecule has 0 unspecified atom stereocenters. The van der Waals surface area contributed by atoms with Crippen LogP contribution >= 0.6 is 0 Å². The molecule has 0 saturated carbocycles. The minimum Gasteiger partial charge on any atom is -0.494 e. The summed E-state index contributed by atoms with van der Waals surface area (Å²) in [5.74, 6) is 1.85. The molecule has 0 amide bonds. The lowest BCUT2D eigenvalue weighted by molar-refractivity contribution is 0.337. The third-order valence-corrected chi connectivity index (χ3v) is 4.35. The van der Waals surface area contributed by atoms with Crippen molar-refractivity contribution < 1.29 is 4.74 Å². The van der Waals surface area contributed by atoms with E-state index in [2.05, 4.69) is 14.9 Å². The number of nitrogens with zero attached hydrogens (tertiary/aromatic N) is 3. The van der Waals surface area contributed by atoms with Crippen LogP contribution < -0.4 is 15.2 Å². The number of nitriles is 1. The van der Waals surface area contributed by atoms with E-state index in [-0.39, 0.29) is 11.1 Å². The van der Waals surface area contributed by atoms with Gasteiger partial charge in [-0.25, -0.2) is 4.98 Å². The fraction of sp³-hybridized carbons (Fsp3) is 0.421. The molecule has 1 aliphatic heterocycles. The molecule has 2 aromatic rings. The molecular formula is C19H22N4O2. The Kier molecular flexibility index (Phi) is 5.34. The highest BCUT2D eigenvalue weighted by atomic mass is 16.5. The predicted molar refractivity (Wildman–Crippen MR) is 96.1 cm³/mol. The van der Waals surface area contributed by atoms with Gasteiger partial charge in [-0.15, -0.1) is 0 Å². The molecule has 6 heteroatoms. The van der Waals surface area contributed by atoms with Gasteiger partial charge in [0.15, 0.2) is 11.4 Å². The highest BCUT2D eigenvalue weighted by molar-refractivity contribution is 5.53. The number of aromatic nitrogens is 2. The predicted octanol–water partition coefficient (Wildman–Crippen LogP) is 2.62. The van der Waals surface area contributed by atoms with E-state index in [4.69, 9.17) is 4.74 Å². The molecule has 3 rings (SSSR count). The Balaban J connectivity index is 1.96. The molecule has 1 aromatic heterocycles. The van der Waals surface area contributed by atoms with Gasteiger partial charge in [0.05, 0.1) is 6.61 Å². The number of rotatable bonds is 5. The lowest BCUT2D eigenvalue weighted by Crippen LogP contribution is -2.33. The summed E-state index contributed by atoms with van der Waals surface area (Å²) in [7, 11) is 0. The Bertz CT molecular complexity index is 832. The number of hydrogen-bond donors (Lipinski definition) is 1. The Morgan fingerprint density at radius 3 is 2.76 bits per heavy atom. The molecule has 130 valence electrons. The number of nitrogens with one attached hydrogen (secondary N) is 1. The molecular weight excluding hydrogens is 316 g/mol. The first-order chi connectivity index (χ1) is 12.2. The number of aromatic amines is 1. The minimum atomic E-state index is -0.373. The molecule has 1 aliphatic rings. The Morgan fingerprint density at radius 1 is 1.28 bits per heavy atom. The zero-order valence-electron chi connectivity index (χ0n) is 14.4. The normalized spacial score (nSPS) is 14.2. The summed E-state index contributed by atoms with van der Waals surface area (Å²) in [5.41, 5.74) is 0.688. The van der Waals surface area contributed by atoms with Crippen LogP contribution in [0.2, 0.25) is 0 Å². The standard InChI is InChI=1S/C19H22N4O2/c1-2-25-16-9-5-4-8-14(16)12-17-21-18(15(13-20)19(24)22-17)23-10-6-3-7-11-23/h4-5,8-9H,2-3,6-7,10-12H2,1H3,(H,21,22,24). The summed E-state index contributed by atoms with van der Waals surface area (Å²) in [6.45, 7) is 4.18. The number of benzene rings is 1. The van der Waals surface area contributed by atoms with Crippen LogP contribution in [0.1, 0.15) is 43.1 Å². The topological polar surface area (TPSA) is 82.0 Å². The van der Waals surface area contributed by atoms with Crippen molar-refractivity contribution in [1.29, 1.82) is 5.26 Å². The second-order valence-corrected chi connectivity index (χ2v) is 6.09. The van der Waals surface area contributed by atoms with Crippen molar-refractivity contribution in [2.45, 2.75) is 32.6 Å². The highest BCUT2D eigenvalue weighted by Gasteiger charge is 2.20. The largest absolute Gasteiger partial charge is 0.494 e. The van der Waals surface area contributed by atoms with Crippen molar-refractivity contribution in [1.82, 2.24) is 9.97 Å². The van der Waals surface area contributed by atoms with E-state index >= 15 is 0 Å². The van der Waals surface area contributed by atoms with E-state index in [1.54, 1.807) is 0 Å². The quantitative estimate of drug-likeness (QED) is 0.906. The molecule has 25 heavy (non-hydrogen) atoms. The Hall–Kier alpha value is -2.81. The summed E-state index contributed by atoms with van der Waals surface area (Å²) in [6, 6.07) is 9.74. The van der Waals surface area contributed by atoms with Crippen LogP contribution in [-0.2, 0) is 6.42 Å². The maximum Gasteiger partial charge on any atom is 0.271 e. The van der Waals surface area contributed by atoms with Crippen molar-refractivity contribution in [3.05, 3.63) is 51.6 Å². The summed E-state index contributed by atoms with van der Waals surface area (Å²) in [4.78, 5) is 21.8. The van der Waals surface area contributed by atoms with Gasteiger partial charge in [-0.05, 0) is 32.3 Å². The van der Waals surface area contributed by atoms with Crippen LogP contribution in [0.5, 0.6) is 5.75 Å². The first kappa shape index (κ1) is 17.0. The average Bonchev–Trinajstić information content (AvgIpc) is 2.64. The number of ether oxygens (including phenoxy) is 1. The zero-order valence-corrected chi connectivity index (χ0v) is 14.4. The van der Waals surface area contributed by atoms with Crippen LogP contribution in [0.3, 0.4) is 0 Å². The lowest BCUT2D eigenvalue weighted by Gasteiger charge is -2.28. The van der Waals surface area contributed by atoms with E-state index in [0.29, 0.717) is 24.7 Å². The Morgan fingerprint density at radius 2 is 2.04 bits per heavy atom. The van der Waals surface area contributed by atoms with Gasteiger partial charge < -0.3 is 14.6 Å². The van der Waals surface area contributed by atoms with Crippen molar-refractivity contribution in [2.24, 2.45) is 0 Å². The molecule has 2 heterocycles. The number of hydrogen-bond acceptors (Lipinski definition) is 5. The summed E-state index contributed by atoms with van der Waals surface area (Å²) in [5, 5.41) is 9.37. The van der Waals surface area contributed by atoms with E-state index < -0.39 is 0 Å². The van der Waals surface area contributed by atoms with Crippen LogP contribution in [0.25, 0.3) is 0 Å². The van der Waals surface area contributed by atoms with Gasteiger partial charge in [0.2, 0.25) is 0 Å². The van der Waals surface area contributed by atoms with E-state index in [1.807, 2.05) is 37.3 Å². The van der Waals surface area contributed by atoms with E-state index in [9.17, 15) is 10.1 Å². The molecule has 1 N–H and O–H groups in total. The molecule has 0 radical (unpaired) electrons.